The Morgan fingerprint density at radius 2 is 2.50 bits per heavy atom. The molecule has 0 unspecified atom stereocenters. The molecule has 0 saturated heterocycles. The van der Waals surface area contributed by atoms with Gasteiger partial charge in [0.15, 0.2) is 5.13 Å². The van der Waals surface area contributed by atoms with E-state index in [1.807, 2.05) is 0 Å². The number of nitrogens with zero attached hydrogens (tertiary/aromatic N) is 1. The zero-order valence-corrected chi connectivity index (χ0v) is 10.2. The molecule has 5 heteroatoms. The summed E-state index contributed by atoms with van der Waals surface area (Å²) in [6.07, 6.45) is 6.88. The van der Waals surface area contributed by atoms with E-state index in [0.29, 0.717) is 4.88 Å². The molecule has 0 spiro atoms. The van der Waals surface area contributed by atoms with Crippen molar-refractivity contribution in [2.45, 2.75) is 25.7 Å². The molecular weight excluding hydrogens is 224 g/mol. The van der Waals surface area contributed by atoms with Crippen molar-refractivity contribution in [3.05, 3.63) is 11.1 Å². The van der Waals surface area contributed by atoms with Crippen molar-refractivity contribution in [2.75, 3.05) is 19.0 Å². The van der Waals surface area contributed by atoms with Gasteiger partial charge < -0.3 is 10.1 Å². The Labute approximate surface area is 99.0 Å². The summed E-state index contributed by atoms with van der Waals surface area (Å²) in [6, 6.07) is 0. The molecule has 88 valence electrons. The summed E-state index contributed by atoms with van der Waals surface area (Å²) in [6.45, 7) is 0.943. The molecule has 4 nitrogen and oxygen atoms in total. The predicted octanol–water partition coefficient (Wildman–Crippen LogP) is 2.53. The maximum atomic E-state index is 11.2. The summed E-state index contributed by atoms with van der Waals surface area (Å²) < 4.78 is 4.62. The summed E-state index contributed by atoms with van der Waals surface area (Å²) in [4.78, 5) is 15.9. The fourth-order valence-corrected chi connectivity index (χ4v) is 2.48. The van der Waals surface area contributed by atoms with Crippen LogP contribution in [0, 0.1) is 5.92 Å². The Morgan fingerprint density at radius 1 is 1.69 bits per heavy atom. The lowest BCUT2D eigenvalue weighted by Crippen LogP contribution is -2.15. The van der Waals surface area contributed by atoms with Gasteiger partial charge >= 0.3 is 5.97 Å². The number of aromatic nitrogens is 1. The maximum Gasteiger partial charge on any atom is 0.349 e. The van der Waals surface area contributed by atoms with Crippen molar-refractivity contribution in [3.63, 3.8) is 0 Å². The van der Waals surface area contributed by atoms with E-state index in [1.165, 1.54) is 44.1 Å². The number of anilines is 1. The van der Waals surface area contributed by atoms with Gasteiger partial charge in [-0.3, -0.25) is 0 Å². The molecule has 1 aromatic heterocycles. The highest BCUT2D eigenvalue weighted by atomic mass is 32.1. The average Bonchev–Trinajstić information content (AvgIpc) is 2.69. The standard InChI is InChI=1S/C11H16N2O2S/c1-15-10(14)9-7-13-11(16-9)12-6-5-8-3-2-4-8/h7-8H,2-6H2,1H3,(H,12,13). The van der Waals surface area contributed by atoms with Gasteiger partial charge in [0.25, 0.3) is 0 Å². The summed E-state index contributed by atoms with van der Waals surface area (Å²) in [7, 11) is 1.38. The van der Waals surface area contributed by atoms with Crippen molar-refractivity contribution in [1.82, 2.24) is 4.98 Å². The third-order valence-electron chi connectivity index (χ3n) is 2.95. The minimum absolute atomic E-state index is 0.315. The van der Waals surface area contributed by atoms with Gasteiger partial charge in [0.2, 0.25) is 0 Å². The maximum absolute atomic E-state index is 11.2. The zero-order valence-electron chi connectivity index (χ0n) is 9.36. The summed E-state index contributed by atoms with van der Waals surface area (Å²) >= 11 is 1.35. The molecule has 0 aliphatic heterocycles. The highest BCUT2D eigenvalue weighted by Crippen LogP contribution is 2.29. The van der Waals surface area contributed by atoms with Crippen LogP contribution in [0.4, 0.5) is 5.13 Å². The molecule has 0 bridgehead atoms. The average molecular weight is 240 g/mol. The van der Waals surface area contributed by atoms with E-state index in [-0.39, 0.29) is 5.97 Å². The van der Waals surface area contributed by atoms with E-state index in [0.717, 1.165) is 17.6 Å². The molecule has 1 saturated carbocycles. The van der Waals surface area contributed by atoms with Crippen LogP contribution in [0.1, 0.15) is 35.4 Å². The first-order valence-corrected chi connectivity index (χ1v) is 6.39. The third-order valence-corrected chi connectivity index (χ3v) is 3.88. The van der Waals surface area contributed by atoms with Crippen LogP contribution in [0.15, 0.2) is 6.20 Å². The van der Waals surface area contributed by atoms with E-state index in [4.69, 9.17) is 0 Å². The normalized spacial score (nSPS) is 15.6. The number of carbonyl (C=O) groups is 1. The number of hydrogen-bond acceptors (Lipinski definition) is 5. The molecule has 1 aliphatic carbocycles. The van der Waals surface area contributed by atoms with Crippen molar-refractivity contribution < 1.29 is 9.53 Å². The molecule has 0 amide bonds. The van der Waals surface area contributed by atoms with Crippen LogP contribution >= 0.6 is 11.3 Å². The van der Waals surface area contributed by atoms with Crippen molar-refractivity contribution in [1.29, 1.82) is 0 Å². The van der Waals surface area contributed by atoms with Crippen molar-refractivity contribution in [2.24, 2.45) is 5.92 Å². The fourth-order valence-electron chi connectivity index (χ4n) is 1.72. The Bertz CT molecular complexity index is 361. The molecule has 2 rings (SSSR count). The van der Waals surface area contributed by atoms with E-state index >= 15 is 0 Å². The molecule has 0 aromatic carbocycles. The molecule has 0 atom stereocenters. The van der Waals surface area contributed by atoms with Gasteiger partial charge in [-0.25, -0.2) is 9.78 Å². The molecule has 1 N–H and O–H groups in total. The van der Waals surface area contributed by atoms with Crippen LogP contribution in [0.3, 0.4) is 0 Å². The summed E-state index contributed by atoms with van der Waals surface area (Å²) in [5, 5.41) is 4.05. The Hall–Kier alpha value is -1.10. The highest BCUT2D eigenvalue weighted by molar-refractivity contribution is 7.17. The summed E-state index contributed by atoms with van der Waals surface area (Å²) in [5.41, 5.74) is 0. The van der Waals surface area contributed by atoms with Crippen LogP contribution in [0.2, 0.25) is 0 Å². The summed E-state index contributed by atoms with van der Waals surface area (Å²) in [5.74, 6) is 0.581. The van der Waals surface area contributed by atoms with Gasteiger partial charge in [-0.05, 0) is 12.3 Å². The van der Waals surface area contributed by atoms with E-state index < -0.39 is 0 Å². The van der Waals surface area contributed by atoms with Crippen molar-refractivity contribution in [3.8, 4) is 0 Å². The smallest absolute Gasteiger partial charge is 0.349 e. The lowest BCUT2D eigenvalue weighted by molar-refractivity contribution is 0.0606. The quantitative estimate of drug-likeness (QED) is 0.803. The Morgan fingerprint density at radius 3 is 3.12 bits per heavy atom. The monoisotopic (exact) mass is 240 g/mol. The minimum Gasteiger partial charge on any atom is -0.465 e. The Kier molecular flexibility index (Phi) is 3.77. The largest absolute Gasteiger partial charge is 0.465 e. The number of ether oxygens (including phenoxy) is 1. The van der Waals surface area contributed by atoms with Crippen LogP contribution in [0.5, 0.6) is 0 Å². The number of carbonyl (C=O) groups excluding carboxylic acids is 1. The molecule has 1 aromatic rings. The van der Waals surface area contributed by atoms with E-state index in [2.05, 4.69) is 15.0 Å². The molecule has 0 radical (unpaired) electrons. The van der Waals surface area contributed by atoms with E-state index in [1.54, 1.807) is 6.20 Å². The number of hydrogen-bond donors (Lipinski definition) is 1. The first kappa shape index (κ1) is 11.4. The predicted molar refractivity (Wildman–Crippen MR) is 63.9 cm³/mol. The van der Waals surface area contributed by atoms with Crippen molar-refractivity contribution >= 4 is 22.4 Å². The number of esters is 1. The van der Waals surface area contributed by atoms with Gasteiger partial charge in [0, 0.05) is 6.54 Å². The number of nitrogens with one attached hydrogen (secondary N) is 1. The number of rotatable bonds is 5. The van der Waals surface area contributed by atoms with Gasteiger partial charge in [0.05, 0.1) is 13.3 Å². The highest BCUT2D eigenvalue weighted by Gasteiger charge is 2.16. The van der Waals surface area contributed by atoms with Crippen LogP contribution in [-0.2, 0) is 4.74 Å². The minimum atomic E-state index is -0.315. The second kappa shape index (κ2) is 5.30. The molecule has 1 heterocycles. The van der Waals surface area contributed by atoms with Crippen LogP contribution < -0.4 is 5.32 Å². The lowest BCUT2D eigenvalue weighted by Gasteiger charge is -2.24. The molecule has 16 heavy (non-hydrogen) atoms. The SMILES string of the molecule is COC(=O)c1cnc(NCCC2CCC2)s1. The van der Waals surface area contributed by atoms with E-state index in [9.17, 15) is 4.79 Å². The second-order valence-electron chi connectivity index (χ2n) is 4.03. The second-order valence-corrected chi connectivity index (χ2v) is 5.06. The number of thiazole rings is 1. The van der Waals surface area contributed by atoms with Gasteiger partial charge in [-0.1, -0.05) is 30.6 Å². The molecule has 1 fully saturated rings. The zero-order chi connectivity index (χ0) is 11.4. The van der Waals surface area contributed by atoms with Crippen LogP contribution in [-0.4, -0.2) is 24.6 Å². The van der Waals surface area contributed by atoms with Gasteiger partial charge in [0.1, 0.15) is 4.88 Å². The molecule has 1 aliphatic rings. The first-order chi connectivity index (χ1) is 7.79. The fraction of sp³-hybridized carbons (Fsp3) is 0.636. The molecular formula is C11H16N2O2S. The Balaban J connectivity index is 1.76. The van der Waals surface area contributed by atoms with Gasteiger partial charge in [-0.15, -0.1) is 0 Å². The lowest BCUT2D eigenvalue weighted by atomic mass is 9.83. The van der Waals surface area contributed by atoms with Gasteiger partial charge in [-0.2, -0.15) is 0 Å². The first-order valence-electron chi connectivity index (χ1n) is 5.57. The number of methoxy groups -OCH3 is 1. The van der Waals surface area contributed by atoms with Crippen LogP contribution in [0.25, 0.3) is 0 Å². The third kappa shape index (κ3) is 2.72. The topological polar surface area (TPSA) is 51.2 Å².